The Hall–Kier alpha value is -2.80. The lowest BCUT2D eigenvalue weighted by atomic mass is 9.98. The number of aliphatic hydroxyl groups is 1. The lowest BCUT2D eigenvalue weighted by Crippen LogP contribution is -2.12. The number of hydrogen-bond donors (Lipinski definition) is 2. The maximum absolute atomic E-state index is 12.1. The lowest BCUT2D eigenvalue weighted by Gasteiger charge is -2.10. The quantitative estimate of drug-likeness (QED) is 0.482. The Balaban J connectivity index is 0.000000234. The van der Waals surface area contributed by atoms with E-state index in [1.807, 2.05) is 38.1 Å². The van der Waals surface area contributed by atoms with Crippen molar-refractivity contribution >= 4 is 15.9 Å². The van der Waals surface area contributed by atoms with Crippen molar-refractivity contribution in [1.29, 1.82) is 0 Å². The monoisotopic (exact) mass is 412 g/mol. The molecule has 152 valence electrons. The Morgan fingerprint density at radius 2 is 1.31 bits per heavy atom. The van der Waals surface area contributed by atoms with E-state index in [0.29, 0.717) is 16.7 Å². The molecule has 2 N–H and O–H groups in total. The first-order chi connectivity index (χ1) is 13.7. The van der Waals surface area contributed by atoms with E-state index in [4.69, 9.17) is 4.55 Å². The zero-order valence-electron chi connectivity index (χ0n) is 16.3. The van der Waals surface area contributed by atoms with Gasteiger partial charge in [0, 0.05) is 5.56 Å². The largest absolute Gasteiger partial charge is 0.380 e. The number of rotatable bonds is 5. The first-order valence-electron chi connectivity index (χ1n) is 9.00. The van der Waals surface area contributed by atoms with Crippen molar-refractivity contribution in [3.63, 3.8) is 0 Å². The van der Waals surface area contributed by atoms with E-state index in [-0.39, 0.29) is 11.5 Å². The number of hydrogen-bond acceptors (Lipinski definition) is 4. The molecule has 3 aromatic carbocycles. The molecule has 1 atom stereocenters. The highest BCUT2D eigenvalue weighted by Gasteiger charge is 2.18. The van der Waals surface area contributed by atoms with Crippen LogP contribution in [-0.4, -0.2) is 23.9 Å². The van der Waals surface area contributed by atoms with Crippen LogP contribution >= 0.6 is 0 Å². The molecular formula is C23H24O5S. The van der Waals surface area contributed by atoms with Crippen molar-refractivity contribution in [2.24, 2.45) is 0 Å². The first kappa shape index (κ1) is 22.5. The van der Waals surface area contributed by atoms with Crippen LogP contribution in [0.15, 0.2) is 78.9 Å². The van der Waals surface area contributed by atoms with Crippen molar-refractivity contribution in [2.75, 3.05) is 0 Å². The molecule has 0 fully saturated rings. The molecule has 0 amide bonds. The molecule has 0 spiro atoms. The fraction of sp³-hybridized carbons (Fsp3) is 0.174. The second-order valence-corrected chi connectivity index (χ2v) is 8.21. The van der Waals surface area contributed by atoms with Crippen LogP contribution in [0.5, 0.6) is 0 Å². The summed E-state index contributed by atoms with van der Waals surface area (Å²) < 4.78 is 29.2. The Labute approximate surface area is 171 Å². The van der Waals surface area contributed by atoms with Gasteiger partial charge in [0.1, 0.15) is 11.9 Å². The third kappa shape index (κ3) is 7.62. The topological polar surface area (TPSA) is 91.7 Å². The summed E-state index contributed by atoms with van der Waals surface area (Å²) in [5.74, 6) is -0.577. The van der Waals surface area contributed by atoms with E-state index in [0.717, 1.165) is 11.1 Å². The van der Waals surface area contributed by atoms with Gasteiger partial charge in [-0.2, -0.15) is 8.42 Å². The number of aliphatic hydroxyl groups excluding tert-OH is 1. The standard InChI is InChI=1S/C16H16O2.C7H8O3S/c1-11-3-7-13(8-4-11)15(17)16(18)14-9-5-12(2)6-10-14;8-11(9,10)6-7-4-2-1-3-5-7/h3-10,15,17H,1-2H3;1-5H,6H2,(H,8,9,10). The van der Waals surface area contributed by atoms with Gasteiger partial charge in [0.15, 0.2) is 5.78 Å². The van der Waals surface area contributed by atoms with Crippen molar-refractivity contribution in [1.82, 2.24) is 0 Å². The van der Waals surface area contributed by atoms with Crippen LogP contribution < -0.4 is 0 Å². The van der Waals surface area contributed by atoms with Crippen LogP contribution in [0.25, 0.3) is 0 Å². The van der Waals surface area contributed by atoms with Gasteiger partial charge in [0.25, 0.3) is 10.1 Å². The minimum atomic E-state index is -3.88. The molecule has 3 rings (SSSR count). The number of carbonyl (C=O) groups is 1. The van der Waals surface area contributed by atoms with Crippen molar-refractivity contribution in [3.05, 3.63) is 107 Å². The van der Waals surface area contributed by atoms with E-state index < -0.39 is 16.2 Å². The fourth-order valence-corrected chi connectivity index (χ4v) is 3.17. The Bertz CT molecular complexity index is 1020. The SMILES string of the molecule is Cc1ccc(C(=O)C(O)c2ccc(C)cc2)cc1.O=S(=O)(O)Cc1ccccc1. The van der Waals surface area contributed by atoms with Gasteiger partial charge < -0.3 is 5.11 Å². The third-order valence-electron chi connectivity index (χ3n) is 4.17. The summed E-state index contributed by atoms with van der Waals surface area (Å²) in [6, 6.07) is 23.1. The molecular weight excluding hydrogens is 388 g/mol. The molecule has 1 unspecified atom stereocenters. The van der Waals surface area contributed by atoms with E-state index in [1.54, 1.807) is 54.6 Å². The number of benzene rings is 3. The molecule has 0 aromatic heterocycles. The second kappa shape index (κ2) is 10.1. The van der Waals surface area contributed by atoms with Gasteiger partial charge in [-0.15, -0.1) is 0 Å². The average Bonchev–Trinajstić information content (AvgIpc) is 2.68. The molecule has 0 saturated carbocycles. The molecule has 0 radical (unpaired) electrons. The normalized spacial score (nSPS) is 11.9. The summed E-state index contributed by atoms with van der Waals surface area (Å²) in [4.78, 5) is 12.1. The number of ketones is 1. The van der Waals surface area contributed by atoms with Crippen LogP contribution in [0.4, 0.5) is 0 Å². The summed E-state index contributed by atoms with van der Waals surface area (Å²) in [5, 5.41) is 10.1. The van der Waals surface area contributed by atoms with Crippen LogP contribution in [0.1, 0.15) is 38.7 Å². The predicted octanol–water partition coefficient (Wildman–Crippen LogP) is 4.29. The zero-order chi connectivity index (χ0) is 21.4. The first-order valence-corrected chi connectivity index (χ1v) is 10.6. The maximum Gasteiger partial charge on any atom is 0.269 e. The summed E-state index contributed by atoms with van der Waals surface area (Å²) in [7, 11) is -3.88. The van der Waals surface area contributed by atoms with Gasteiger partial charge in [-0.3, -0.25) is 9.35 Å². The highest BCUT2D eigenvalue weighted by molar-refractivity contribution is 7.85. The molecule has 0 saturated heterocycles. The van der Waals surface area contributed by atoms with E-state index in [2.05, 4.69) is 0 Å². The molecule has 0 aliphatic heterocycles. The van der Waals surface area contributed by atoms with E-state index >= 15 is 0 Å². The highest BCUT2D eigenvalue weighted by Crippen LogP contribution is 2.19. The summed E-state index contributed by atoms with van der Waals surface area (Å²) in [6.07, 6.45) is -1.09. The van der Waals surface area contributed by atoms with Gasteiger partial charge in [0.05, 0.1) is 0 Å². The third-order valence-corrected chi connectivity index (χ3v) is 4.87. The number of aryl methyl sites for hydroxylation is 2. The van der Waals surface area contributed by atoms with E-state index in [1.165, 1.54) is 0 Å². The molecule has 6 heteroatoms. The van der Waals surface area contributed by atoms with Crippen LogP contribution in [0.2, 0.25) is 0 Å². The minimum Gasteiger partial charge on any atom is -0.380 e. The van der Waals surface area contributed by atoms with Gasteiger partial charge in [-0.25, -0.2) is 0 Å². The van der Waals surface area contributed by atoms with Gasteiger partial charge in [-0.1, -0.05) is 90.0 Å². The van der Waals surface area contributed by atoms with Crippen molar-refractivity contribution in [2.45, 2.75) is 25.7 Å². The summed E-state index contributed by atoms with van der Waals surface area (Å²) in [6.45, 7) is 3.93. The molecule has 0 aliphatic rings. The van der Waals surface area contributed by atoms with Crippen LogP contribution in [0.3, 0.4) is 0 Å². The average molecular weight is 413 g/mol. The van der Waals surface area contributed by atoms with Gasteiger partial charge in [-0.05, 0) is 25.0 Å². The molecule has 3 aromatic rings. The molecule has 0 heterocycles. The van der Waals surface area contributed by atoms with Crippen LogP contribution in [-0.2, 0) is 15.9 Å². The molecule has 0 aliphatic carbocycles. The zero-order valence-corrected chi connectivity index (χ0v) is 17.1. The maximum atomic E-state index is 12.1. The number of Topliss-reactive ketones (excluding diaryl/α,β-unsaturated/α-hetero) is 1. The molecule has 0 bridgehead atoms. The second-order valence-electron chi connectivity index (χ2n) is 6.76. The lowest BCUT2D eigenvalue weighted by molar-refractivity contribution is 0.0747. The Kier molecular flexibility index (Phi) is 7.84. The predicted molar refractivity (Wildman–Crippen MR) is 113 cm³/mol. The van der Waals surface area contributed by atoms with Crippen LogP contribution in [0, 0.1) is 13.8 Å². The van der Waals surface area contributed by atoms with Crippen molar-refractivity contribution in [3.8, 4) is 0 Å². The molecule has 29 heavy (non-hydrogen) atoms. The smallest absolute Gasteiger partial charge is 0.269 e. The van der Waals surface area contributed by atoms with Crippen molar-refractivity contribution < 1.29 is 22.9 Å². The summed E-state index contributed by atoms with van der Waals surface area (Å²) >= 11 is 0. The Morgan fingerprint density at radius 3 is 1.79 bits per heavy atom. The van der Waals surface area contributed by atoms with E-state index in [9.17, 15) is 18.3 Å². The minimum absolute atomic E-state index is 0.265. The molecule has 5 nitrogen and oxygen atoms in total. The fourth-order valence-electron chi connectivity index (χ4n) is 2.56. The van der Waals surface area contributed by atoms with Gasteiger partial charge >= 0.3 is 0 Å². The summed E-state index contributed by atoms with van der Waals surface area (Å²) in [5.41, 5.74) is 3.96. The number of carbonyl (C=O) groups excluding carboxylic acids is 1. The van der Waals surface area contributed by atoms with Gasteiger partial charge in [0.2, 0.25) is 0 Å². The Morgan fingerprint density at radius 1 is 0.828 bits per heavy atom. The highest BCUT2D eigenvalue weighted by atomic mass is 32.2.